The molecule has 1 fully saturated rings. The van der Waals surface area contributed by atoms with Crippen LogP contribution in [-0.2, 0) is 16.1 Å². The van der Waals surface area contributed by atoms with E-state index in [4.69, 9.17) is 11.6 Å². The molecule has 0 atom stereocenters. The molecule has 32 heavy (non-hydrogen) atoms. The number of nitrogens with one attached hydrogen (secondary N) is 1. The van der Waals surface area contributed by atoms with Crippen molar-refractivity contribution in [2.45, 2.75) is 27.3 Å². The van der Waals surface area contributed by atoms with Gasteiger partial charge in [0.15, 0.2) is 0 Å². The van der Waals surface area contributed by atoms with Crippen LogP contribution in [0.25, 0.3) is 11.8 Å². The van der Waals surface area contributed by atoms with E-state index in [-0.39, 0.29) is 12.1 Å². The predicted octanol–water partition coefficient (Wildman–Crippen LogP) is 4.72. The number of carbonyl (C=O) groups is 3. The molecule has 2 aromatic carbocycles. The Hall–Kier alpha value is -3.64. The molecule has 1 N–H and O–H groups in total. The number of barbiturate groups is 1. The second kappa shape index (κ2) is 8.48. The van der Waals surface area contributed by atoms with Gasteiger partial charge in [0.1, 0.15) is 5.57 Å². The summed E-state index contributed by atoms with van der Waals surface area (Å²) in [6.07, 6.45) is 1.54. The summed E-state index contributed by atoms with van der Waals surface area (Å²) < 4.78 is 2.03. The van der Waals surface area contributed by atoms with Gasteiger partial charge in [-0.3, -0.25) is 19.8 Å². The number of hydrogen-bond acceptors (Lipinski definition) is 3. The minimum atomic E-state index is -0.721. The smallest absolute Gasteiger partial charge is 0.318 e. The van der Waals surface area contributed by atoms with Crippen molar-refractivity contribution in [1.82, 2.24) is 14.8 Å². The number of urea groups is 1. The highest BCUT2D eigenvalue weighted by atomic mass is 35.5. The van der Waals surface area contributed by atoms with Crippen LogP contribution in [0, 0.1) is 20.8 Å². The first-order chi connectivity index (χ1) is 15.3. The standard InChI is InChI=1S/C25H22ClN3O3/c1-15-12-19(17(3)29(15)22-11-7-10-21(26)16(22)2)13-20-23(30)27-25(32)28(24(20)31)14-18-8-5-4-6-9-18/h4-13H,14H2,1-3H3,(H,27,30,32)/b20-13+. The average Bonchev–Trinajstić information content (AvgIpc) is 3.04. The summed E-state index contributed by atoms with van der Waals surface area (Å²) >= 11 is 6.30. The Morgan fingerprint density at radius 3 is 2.41 bits per heavy atom. The molecule has 1 aromatic heterocycles. The molecule has 0 unspecified atom stereocenters. The molecule has 4 amide bonds. The van der Waals surface area contributed by atoms with E-state index in [2.05, 4.69) is 5.32 Å². The highest BCUT2D eigenvalue weighted by Crippen LogP contribution is 2.28. The number of carbonyl (C=O) groups excluding carboxylic acids is 3. The molecule has 6 nitrogen and oxygen atoms in total. The third-order valence-corrected chi connectivity index (χ3v) is 6.03. The average molecular weight is 448 g/mol. The Morgan fingerprint density at radius 2 is 1.69 bits per heavy atom. The molecule has 1 aliphatic rings. The first kappa shape index (κ1) is 21.6. The third-order valence-electron chi connectivity index (χ3n) is 5.62. The molecule has 1 saturated heterocycles. The van der Waals surface area contributed by atoms with Crippen LogP contribution in [0.4, 0.5) is 4.79 Å². The normalized spacial score (nSPS) is 15.4. The largest absolute Gasteiger partial charge is 0.331 e. The fraction of sp³-hybridized carbons (Fsp3) is 0.160. The fourth-order valence-corrected chi connectivity index (χ4v) is 4.07. The Balaban J connectivity index is 1.73. The number of aromatic nitrogens is 1. The maximum atomic E-state index is 13.1. The number of halogens is 1. The van der Waals surface area contributed by atoms with Crippen LogP contribution in [-0.4, -0.2) is 27.3 Å². The van der Waals surface area contributed by atoms with Crippen LogP contribution in [0.5, 0.6) is 0 Å². The van der Waals surface area contributed by atoms with Gasteiger partial charge in [-0.2, -0.15) is 0 Å². The number of benzene rings is 2. The van der Waals surface area contributed by atoms with Crippen molar-refractivity contribution in [2.24, 2.45) is 0 Å². The van der Waals surface area contributed by atoms with Crippen LogP contribution >= 0.6 is 11.6 Å². The van der Waals surface area contributed by atoms with E-state index in [0.717, 1.165) is 38.7 Å². The molecule has 4 rings (SSSR count). The van der Waals surface area contributed by atoms with Gasteiger partial charge < -0.3 is 4.57 Å². The van der Waals surface area contributed by atoms with Gasteiger partial charge >= 0.3 is 6.03 Å². The number of aryl methyl sites for hydroxylation is 1. The van der Waals surface area contributed by atoms with Gasteiger partial charge in [0.25, 0.3) is 11.8 Å². The van der Waals surface area contributed by atoms with Crippen molar-refractivity contribution in [2.75, 3.05) is 0 Å². The number of amides is 4. The Labute approximate surface area is 191 Å². The molecule has 2 heterocycles. The summed E-state index contributed by atoms with van der Waals surface area (Å²) in [5.41, 5.74) is 5.07. The lowest BCUT2D eigenvalue weighted by molar-refractivity contribution is -0.130. The molecule has 0 saturated carbocycles. The highest BCUT2D eigenvalue weighted by Gasteiger charge is 2.36. The lowest BCUT2D eigenvalue weighted by Gasteiger charge is -2.26. The Bertz CT molecular complexity index is 1280. The predicted molar refractivity (Wildman–Crippen MR) is 123 cm³/mol. The maximum Gasteiger partial charge on any atom is 0.331 e. The van der Waals surface area contributed by atoms with E-state index in [1.807, 2.05) is 79.9 Å². The zero-order valence-corrected chi connectivity index (χ0v) is 18.7. The van der Waals surface area contributed by atoms with Crippen LogP contribution in [0.15, 0.2) is 60.2 Å². The molecule has 3 aromatic rings. The van der Waals surface area contributed by atoms with Gasteiger partial charge in [-0.1, -0.05) is 48.0 Å². The van der Waals surface area contributed by atoms with E-state index in [1.165, 1.54) is 0 Å². The molecule has 7 heteroatoms. The van der Waals surface area contributed by atoms with E-state index in [0.29, 0.717) is 5.02 Å². The van der Waals surface area contributed by atoms with Crippen LogP contribution in [0.2, 0.25) is 5.02 Å². The van der Waals surface area contributed by atoms with Crippen molar-refractivity contribution in [1.29, 1.82) is 0 Å². The molecule has 162 valence electrons. The first-order valence-corrected chi connectivity index (χ1v) is 10.5. The molecule has 0 radical (unpaired) electrons. The van der Waals surface area contributed by atoms with E-state index in [1.54, 1.807) is 6.08 Å². The van der Waals surface area contributed by atoms with E-state index < -0.39 is 17.8 Å². The monoisotopic (exact) mass is 447 g/mol. The fourth-order valence-electron chi connectivity index (χ4n) is 3.90. The van der Waals surface area contributed by atoms with Gasteiger partial charge in [-0.05, 0) is 61.7 Å². The maximum absolute atomic E-state index is 13.1. The van der Waals surface area contributed by atoms with Crippen molar-refractivity contribution in [3.8, 4) is 5.69 Å². The zero-order chi connectivity index (χ0) is 23.0. The zero-order valence-electron chi connectivity index (χ0n) is 18.0. The second-order valence-corrected chi connectivity index (χ2v) is 8.15. The van der Waals surface area contributed by atoms with Crippen LogP contribution in [0.1, 0.15) is 28.1 Å². The molecular weight excluding hydrogens is 426 g/mol. The summed E-state index contributed by atoms with van der Waals surface area (Å²) in [5.74, 6) is -1.32. The summed E-state index contributed by atoms with van der Waals surface area (Å²) in [4.78, 5) is 39.0. The SMILES string of the molecule is Cc1c(Cl)cccc1-n1c(C)cc(/C=C2\C(=O)NC(=O)N(Cc3ccccc3)C2=O)c1C. The molecule has 1 aliphatic heterocycles. The quantitative estimate of drug-likeness (QED) is 0.464. The van der Waals surface area contributed by atoms with Gasteiger partial charge in [0, 0.05) is 22.1 Å². The topological polar surface area (TPSA) is 71.4 Å². The van der Waals surface area contributed by atoms with Gasteiger partial charge in [-0.15, -0.1) is 0 Å². The van der Waals surface area contributed by atoms with Crippen molar-refractivity contribution < 1.29 is 14.4 Å². The number of imide groups is 2. The lowest BCUT2D eigenvalue weighted by atomic mass is 10.1. The molecule has 0 spiro atoms. The summed E-state index contributed by atoms with van der Waals surface area (Å²) in [7, 11) is 0. The Kier molecular flexibility index (Phi) is 5.72. The summed E-state index contributed by atoms with van der Waals surface area (Å²) in [6, 6.07) is 16.0. The van der Waals surface area contributed by atoms with E-state index in [9.17, 15) is 14.4 Å². The second-order valence-electron chi connectivity index (χ2n) is 7.74. The molecule has 0 aliphatic carbocycles. The summed E-state index contributed by atoms with van der Waals surface area (Å²) in [5, 5.41) is 2.93. The number of rotatable bonds is 4. The van der Waals surface area contributed by atoms with Crippen LogP contribution < -0.4 is 5.32 Å². The molecule has 0 bridgehead atoms. The van der Waals surface area contributed by atoms with Crippen molar-refractivity contribution in [3.63, 3.8) is 0 Å². The van der Waals surface area contributed by atoms with Gasteiger partial charge in [-0.25, -0.2) is 4.79 Å². The van der Waals surface area contributed by atoms with Gasteiger partial charge in [0.2, 0.25) is 0 Å². The minimum Gasteiger partial charge on any atom is -0.318 e. The van der Waals surface area contributed by atoms with Gasteiger partial charge in [0.05, 0.1) is 6.54 Å². The van der Waals surface area contributed by atoms with E-state index >= 15 is 0 Å². The lowest BCUT2D eigenvalue weighted by Crippen LogP contribution is -2.53. The van der Waals surface area contributed by atoms with Crippen molar-refractivity contribution >= 4 is 35.5 Å². The van der Waals surface area contributed by atoms with Crippen molar-refractivity contribution in [3.05, 3.63) is 93.3 Å². The highest BCUT2D eigenvalue weighted by molar-refractivity contribution is 6.31. The Morgan fingerprint density at radius 1 is 0.969 bits per heavy atom. The number of nitrogens with zero attached hydrogens (tertiary/aromatic N) is 2. The van der Waals surface area contributed by atoms with Crippen LogP contribution in [0.3, 0.4) is 0 Å². The number of hydrogen-bond donors (Lipinski definition) is 1. The first-order valence-electron chi connectivity index (χ1n) is 10.1. The summed E-state index contributed by atoms with van der Waals surface area (Å²) in [6.45, 7) is 5.89. The minimum absolute atomic E-state index is 0.0800. The molecular formula is C25H22ClN3O3. The third kappa shape index (κ3) is 3.85.